The maximum absolute atomic E-state index is 12.6. The zero-order chi connectivity index (χ0) is 14.8. The molecule has 0 bridgehead atoms. The highest BCUT2D eigenvalue weighted by atomic mass is 19.4. The van der Waals surface area contributed by atoms with Gasteiger partial charge in [-0.15, -0.1) is 13.2 Å². The Hall–Kier alpha value is -1.84. The molecule has 0 radical (unpaired) electrons. The number of pyridine rings is 1. The molecule has 1 aromatic rings. The third-order valence-corrected chi connectivity index (χ3v) is 1.95. The number of alkyl halides is 6. The van der Waals surface area contributed by atoms with Crippen LogP contribution in [0.4, 0.5) is 26.3 Å². The van der Waals surface area contributed by atoms with Gasteiger partial charge < -0.3 is 10.5 Å². The lowest BCUT2D eigenvalue weighted by Gasteiger charge is -2.15. The van der Waals surface area contributed by atoms with Gasteiger partial charge in [0.15, 0.2) is 12.0 Å². The minimum Gasteiger partial charge on any atom is -0.388 e. The van der Waals surface area contributed by atoms with Gasteiger partial charge in [-0.05, 0) is 5.56 Å². The van der Waals surface area contributed by atoms with E-state index in [0.717, 1.165) is 0 Å². The fourth-order valence-electron chi connectivity index (χ4n) is 1.27. The topological polar surface area (TPSA) is 65.2 Å². The van der Waals surface area contributed by atoms with Gasteiger partial charge in [0.2, 0.25) is 5.88 Å². The highest BCUT2D eigenvalue weighted by Gasteiger charge is 2.39. The molecule has 19 heavy (non-hydrogen) atoms. The normalized spacial score (nSPS) is 12.4. The van der Waals surface area contributed by atoms with Gasteiger partial charge in [-0.3, -0.25) is 4.79 Å². The van der Waals surface area contributed by atoms with Crippen molar-refractivity contribution >= 4 is 6.29 Å². The van der Waals surface area contributed by atoms with Crippen LogP contribution < -0.4 is 10.5 Å². The summed E-state index contributed by atoms with van der Waals surface area (Å²) in [5.74, 6) is -1.33. The Morgan fingerprint density at radius 1 is 1.26 bits per heavy atom. The van der Waals surface area contributed by atoms with Crippen LogP contribution in [0.3, 0.4) is 0 Å². The van der Waals surface area contributed by atoms with Gasteiger partial charge in [-0.2, -0.15) is 13.2 Å². The number of ether oxygens (including phenoxy) is 1. The summed E-state index contributed by atoms with van der Waals surface area (Å²) in [6.45, 7) is -0.576. The van der Waals surface area contributed by atoms with E-state index in [1.807, 2.05) is 0 Å². The number of halogens is 6. The molecule has 10 heteroatoms. The first-order valence-electron chi connectivity index (χ1n) is 4.60. The first kappa shape index (κ1) is 15.2. The summed E-state index contributed by atoms with van der Waals surface area (Å²) in [4.78, 5) is 13.2. The molecule has 0 atom stereocenters. The van der Waals surface area contributed by atoms with Crippen molar-refractivity contribution in [3.8, 4) is 5.88 Å². The maximum Gasteiger partial charge on any atom is 0.574 e. The number of carbonyl (C=O) groups excluding carboxylic acids is 1. The van der Waals surface area contributed by atoms with Gasteiger partial charge in [0.25, 0.3) is 0 Å². The first-order valence-corrected chi connectivity index (χ1v) is 4.60. The van der Waals surface area contributed by atoms with Gasteiger partial charge in [-0.25, -0.2) is 4.98 Å². The quantitative estimate of drug-likeness (QED) is 0.684. The van der Waals surface area contributed by atoms with Gasteiger partial charge in [0, 0.05) is 18.2 Å². The minimum absolute atomic E-state index is 0.171. The second kappa shape index (κ2) is 5.03. The van der Waals surface area contributed by atoms with E-state index in [9.17, 15) is 31.1 Å². The lowest BCUT2D eigenvalue weighted by Crippen LogP contribution is -2.21. The molecule has 0 aliphatic rings. The van der Waals surface area contributed by atoms with Crippen molar-refractivity contribution < 1.29 is 35.9 Å². The monoisotopic (exact) mass is 288 g/mol. The Morgan fingerprint density at radius 3 is 2.21 bits per heavy atom. The summed E-state index contributed by atoms with van der Waals surface area (Å²) in [6.07, 6.45) is -10.5. The number of rotatable bonds is 3. The van der Waals surface area contributed by atoms with Crippen LogP contribution in [-0.2, 0) is 12.7 Å². The second-order valence-electron chi connectivity index (χ2n) is 3.25. The Labute approximate surface area is 102 Å². The number of hydrogen-bond donors (Lipinski definition) is 1. The molecule has 0 saturated carbocycles. The fourth-order valence-corrected chi connectivity index (χ4v) is 1.27. The van der Waals surface area contributed by atoms with Crippen LogP contribution in [0.25, 0.3) is 0 Å². The number of hydrogen-bond acceptors (Lipinski definition) is 4. The van der Waals surface area contributed by atoms with Crippen molar-refractivity contribution in [2.24, 2.45) is 5.73 Å². The Balaban J connectivity index is 3.43. The van der Waals surface area contributed by atoms with E-state index in [4.69, 9.17) is 5.73 Å². The van der Waals surface area contributed by atoms with E-state index in [1.165, 1.54) is 0 Å². The molecule has 4 nitrogen and oxygen atoms in total. The van der Waals surface area contributed by atoms with E-state index in [2.05, 4.69) is 9.72 Å². The third kappa shape index (κ3) is 3.81. The predicted octanol–water partition coefficient (Wildman–Crippen LogP) is 2.27. The second-order valence-corrected chi connectivity index (χ2v) is 3.25. The smallest absolute Gasteiger partial charge is 0.388 e. The van der Waals surface area contributed by atoms with Crippen LogP contribution in [0.5, 0.6) is 5.88 Å². The van der Waals surface area contributed by atoms with Gasteiger partial charge in [0.05, 0.1) is 0 Å². The largest absolute Gasteiger partial charge is 0.574 e. The molecule has 1 rings (SSSR count). The number of aromatic nitrogens is 1. The Morgan fingerprint density at radius 2 is 1.84 bits per heavy atom. The lowest BCUT2D eigenvalue weighted by atomic mass is 10.1. The van der Waals surface area contributed by atoms with E-state index in [1.54, 1.807) is 0 Å². The Bertz CT molecular complexity index is 483. The van der Waals surface area contributed by atoms with Crippen LogP contribution in [0.2, 0.25) is 0 Å². The van der Waals surface area contributed by atoms with Gasteiger partial charge >= 0.3 is 12.5 Å². The summed E-state index contributed by atoms with van der Waals surface area (Å²) in [5, 5.41) is 0. The summed E-state index contributed by atoms with van der Waals surface area (Å²) in [5.41, 5.74) is 1.95. The molecule has 0 aromatic carbocycles. The molecule has 0 amide bonds. The molecule has 0 fully saturated rings. The standard InChI is InChI=1S/C9H6F6N2O2/c10-8(11,12)7-5(3-18)4(2-16)1-6(17-7)19-9(13,14)15/h1,3H,2,16H2. The number of carbonyl (C=O) groups is 1. The zero-order valence-corrected chi connectivity index (χ0v) is 8.97. The fraction of sp³-hybridized carbons (Fsp3) is 0.333. The van der Waals surface area contributed by atoms with Crippen molar-refractivity contribution in [3.63, 3.8) is 0 Å². The molecule has 0 unspecified atom stereocenters. The van der Waals surface area contributed by atoms with Crippen molar-refractivity contribution in [2.45, 2.75) is 19.1 Å². The van der Waals surface area contributed by atoms with Crippen LogP contribution in [0.1, 0.15) is 21.6 Å². The summed E-state index contributed by atoms with van der Waals surface area (Å²) in [7, 11) is 0. The summed E-state index contributed by atoms with van der Waals surface area (Å²) < 4.78 is 76.8. The average Bonchev–Trinajstić information content (AvgIpc) is 2.24. The Kier molecular flexibility index (Phi) is 4.03. The van der Waals surface area contributed by atoms with Crippen LogP contribution in [0.15, 0.2) is 6.07 Å². The molecule has 1 aromatic heterocycles. The van der Waals surface area contributed by atoms with E-state index >= 15 is 0 Å². The third-order valence-electron chi connectivity index (χ3n) is 1.95. The van der Waals surface area contributed by atoms with Crippen molar-refractivity contribution in [1.29, 1.82) is 0 Å². The molecule has 1 heterocycles. The van der Waals surface area contributed by atoms with Crippen molar-refractivity contribution in [3.05, 3.63) is 22.9 Å². The molecule has 2 N–H and O–H groups in total. The molecule has 0 saturated heterocycles. The predicted molar refractivity (Wildman–Crippen MR) is 49.2 cm³/mol. The van der Waals surface area contributed by atoms with Crippen LogP contribution in [0, 0.1) is 0 Å². The van der Waals surface area contributed by atoms with Crippen molar-refractivity contribution in [2.75, 3.05) is 0 Å². The summed E-state index contributed by atoms with van der Waals surface area (Å²) >= 11 is 0. The molecule has 0 aliphatic carbocycles. The zero-order valence-electron chi connectivity index (χ0n) is 8.97. The number of nitrogens with two attached hydrogens (primary N) is 1. The lowest BCUT2D eigenvalue weighted by molar-refractivity contribution is -0.276. The minimum atomic E-state index is -5.20. The van der Waals surface area contributed by atoms with Gasteiger partial charge in [-0.1, -0.05) is 0 Å². The van der Waals surface area contributed by atoms with E-state index in [0.29, 0.717) is 6.07 Å². The molecular formula is C9H6F6N2O2. The highest BCUT2D eigenvalue weighted by Crippen LogP contribution is 2.34. The van der Waals surface area contributed by atoms with E-state index in [-0.39, 0.29) is 6.29 Å². The average molecular weight is 288 g/mol. The molecule has 0 aliphatic heterocycles. The van der Waals surface area contributed by atoms with Gasteiger partial charge in [0.1, 0.15) is 0 Å². The highest BCUT2D eigenvalue weighted by molar-refractivity contribution is 5.79. The molecule has 106 valence electrons. The number of nitrogens with zero attached hydrogens (tertiary/aromatic N) is 1. The molecular weight excluding hydrogens is 282 g/mol. The number of aldehydes is 1. The SMILES string of the molecule is NCc1cc(OC(F)(F)F)nc(C(F)(F)F)c1C=O. The van der Waals surface area contributed by atoms with Crippen LogP contribution >= 0.6 is 0 Å². The molecule has 0 spiro atoms. The van der Waals surface area contributed by atoms with Crippen LogP contribution in [-0.4, -0.2) is 17.6 Å². The van der Waals surface area contributed by atoms with E-state index < -0.39 is 41.8 Å². The summed E-state index contributed by atoms with van der Waals surface area (Å²) in [6, 6.07) is 0.534. The first-order chi connectivity index (χ1) is 8.58. The van der Waals surface area contributed by atoms with Crippen molar-refractivity contribution in [1.82, 2.24) is 4.98 Å². The maximum atomic E-state index is 12.6.